The zero-order chi connectivity index (χ0) is 14.8. The van der Waals surface area contributed by atoms with Gasteiger partial charge in [-0.25, -0.2) is 0 Å². The zero-order valence-corrected chi connectivity index (χ0v) is 12.3. The van der Waals surface area contributed by atoms with Crippen molar-refractivity contribution in [1.29, 1.82) is 0 Å². The van der Waals surface area contributed by atoms with Gasteiger partial charge in [-0.3, -0.25) is 14.9 Å². The summed E-state index contributed by atoms with van der Waals surface area (Å²) in [6.45, 7) is 2.13. The molecule has 2 unspecified atom stereocenters. The summed E-state index contributed by atoms with van der Waals surface area (Å²) in [6.07, 6.45) is 2.17. The molecule has 0 spiro atoms. The van der Waals surface area contributed by atoms with Crippen LogP contribution in [0.25, 0.3) is 0 Å². The number of piperidine rings is 1. The highest BCUT2D eigenvalue weighted by Gasteiger charge is 2.30. The molecule has 21 heavy (non-hydrogen) atoms. The van der Waals surface area contributed by atoms with E-state index in [0.29, 0.717) is 18.8 Å². The molecule has 2 aliphatic rings. The number of nitrogens with zero attached hydrogens (tertiary/aromatic N) is 1. The summed E-state index contributed by atoms with van der Waals surface area (Å²) in [5.41, 5.74) is 2.36. The van der Waals surface area contributed by atoms with E-state index in [-0.39, 0.29) is 17.9 Å². The van der Waals surface area contributed by atoms with Crippen molar-refractivity contribution in [2.75, 3.05) is 25.0 Å². The summed E-state index contributed by atoms with van der Waals surface area (Å²) in [7, 11) is 1.91. The van der Waals surface area contributed by atoms with Gasteiger partial charge < -0.3 is 10.2 Å². The topological polar surface area (TPSA) is 61.4 Å². The second-order valence-electron chi connectivity index (χ2n) is 5.86. The van der Waals surface area contributed by atoms with Gasteiger partial charge in [-0.1, -0.05) is 12.1 Å². The molecule has 3 rings (SSSR count). The first-order valence-corrected chi connectivity index (χ1v) is 7.52. The molecule has 2 atom stereocenters. The largest absolute Gasteiger partial charge is 0.363 e. The molecule has 5 nitrogen and oxygen atoms in total. The van der Waals surface area contributed by atoms with Gasteiger partial charge in [0.2, 0.25) is 11.8 Å². The molecule has 0 aliphatic carbocycles. The molecular weight excluding hydrogens is 266 g/mol. The number of anilines is 1. The van der Waals surface area contributed by atoms with E-state index in [1.54, 1.807) is 0 Å². The van der Waals surface area contributed by atoms with Gasteiger partial charge in [0.1, 0.15) is 6.04 Å². The van der Waals surface area contributed by atoms with Crippen LogP contribution in [0.3, 0.4) is 0 Å². The van der Waals surface area contributed by atoms with Crippen LogP contribution in [0.1, 0.15) is 30.7 Å². The number of carbonyl (C=O) groups excluding carboxylic acids is 2. The van der Waals surface area contributed by atoms with Crippen molar-refractivity contribution in [3.63, 3.8) is 0 Å². The number of amides is 2. The Kier molecular flexibility index (Phi) is 3.92. The number of nitrogens with one attached hydrogen (secondary N) is 2. The molecule has 0 saturated carbocycles. The lowest BCUT2D eigenvalue weighted by Gasteiger charge is -2.31. The molecular formula is C16H21N3O2. The van der Waals surface area contributed by atoms with Gasteiger partial charge in [-0.05, 0) is 43.0 Å². The van der Waals surface area contributed by atoms with Crippen LogP contribution in [0.2, 0.25) is 0 Å². The predicted molar refractivity (Wildman–Crippen MR) is 81.2 cm³/mol. The minimum Gasteiger partial charge on any atom is -0.363 e. The van der Waals surface area contributed by atoms with Crippen molar-refractivity contribution in [3.8, 4) is 0 Å². The Balaban J connectivity index is 1.71. The van der Waals surface area contributed by atoms with Gasteiger partial charge in [0.05, 0.1) is 0 Å². The maximum absolute atomic E-state index is 11.9. The molecule has 0 bridgehead atoms. The first-order valence-electron chi connectivity index (χ1n) is 7.52. The molecule has 112 valence electrons. The van der Waals surface area contributed by atoms with Gasteiger partial charge in [0.15, 0.2) is 0 Å². The van der Waals surface area contributed by atoms with Crippen LogP contribution in [0.4, 0.5) is 5.69 Å². The highest BCUT2D eigenvalue weighted by molar-refractivity contribution is 6.01. The first-order chi connectivity index (χ1) is 10.1. The quantitative estimate of drug-likeness (QED) is 0.814. The number of hydrogen-bond acceptors (Lipinski definition) is 4. The standard InChI is InChI=1S/C16H21N3O2/c1-19(14-6-7-15(20)18-16(14)21)13-4-2-11(3-5-13)12-8-9-17-10-12/h2-5,12,14,17H,6-10H2,1H3,(H,18,20,21). The fourth-order valence-electron chi connectivity index (χ4n) is 3.15. The summed E-state index contributed by atoms with van der Waals surface area (Å²) in [6, 6.07) is 8.17. The Bertz CT molecular complexity index is 535. The van der Waals surface area contributed by atoms with Crippen LogP contribution in [-0.2, 0) is 9.59 Å². The third-order valence-corrected chi connectivity index (χ3v) is 4.51. The second-order valence-corrected chi connectivity index (χ2v) is 5.86. The first kappa shape index (κ1) is 14.1. The normalized spacial score (nSPS) is 25.8. The fourth-order valence-corrected chi connectivity index (χ4v) is 3.15. The van der Waals surface area contributed by atoms with E-state index in [1.807, 2.05) is 11.9 Å². The summed E-state index contributed by atoms with van der Waals surface area (Å²) in [4.78, 5) is 25.1. The minimum absolute atomic E-state index is 0.172. The lowest BCUT2D eigenvalue weighted by molar-refractivity contribution is -0.134. The lowest BCUT2D eigenvalue weighted by atomic mass is 9.97. The zero-order valence-electron chi connectivity index (χ0n) is 12.3. The SMILES string of the molecule is CN(c1ccc(C2CCNC2)cc1)C1CCC(=O)NC1=O. The van der Waals surface area contributed by atoms with Crippen LogP contribution >= 0.6 is 0 Å². The smallest absolute Gasteiger partial charge is 0.249 e. The summed E-state index contributed by atoms with van der Waals surface area (Å²) >= 11 is 0. The van der Waals surface area contributed by atoms with Crippen molar-refractivity contribution >= 4 is 17.5 Å². The highest BCUT2D eigenvalue weighted by Crippen LogP contribution is 2.26. The van der Waals surface area contributed by atoms with E-state index >= 15 is 0 Å². The number of rotatable bonds is 3. The number of imide groups is 1. The van der Waals surface area contributed by atoms with Crippen molar-refractivity contribution in [2.45, 2.75) is 31.2 Å². The van der Waals surface area contributed by atoms with E-state index in [4.69, 9.17) is 0 Å². The van der Waals surface area contributed by atoms with Crippen molar-refractivity contribution < 1.29 is 9.59 Å². The monoisotopic (exact) mass is 287 g/mol. The molecule has 1 aromatic carbocycles. The van der Waals surface area contributed by atoms with E-state index in [9.17, 15) is 9.59 Å². The maximum atomic E-state index is 11.9. The molecule has 0 aromatic heterocycles. The van der Waals surface area contributed by atoms with Crippen LogP contribution < -0.4 is 15.5 Å². The highest BCUT2D eigenvalue weighted by atomic mass is 16.2. The van der Waals surface area contributed by atoms with Crippen LogP contribution in [-0.4, -0.2) is 38.0 Å². The van der Waals surface area contributed by atoms with Gasteiger partial charge in [-0.15, -0.1) is 0 Å². The second kappa shape index (κ2) is 5.85. The molecule has 2 fully saturated rings. The van der Waals surface area contributed by atoms with E-state index in [0.717, 1.165) is 18.8 Å². The molecule has 2 saturated heterocycles. The van der Waals surface area contributed by atoms with Gasteiger partial charge >= 0.3 is 0 Å². The van der Waals surface area contributed by atoms with Crippen molar-refractivity contribution in [2.24, 2.45) is 0 Å². The molecule has 0 radical (unpaired) electrons. The fraction of sp³-hybridized carbons (Fsp3) is 0.500. The summed E-state index contributed by atoms with van der Waals surface area (Å²) in [5.74, 6) is 0.228. The van der Waals surface area contributed by atoms with Crippen molar-refractivity contribution in [3.05, 3.63) is 29.8 Å². The molecule has 2 heterocycles. The molecule has 2 aliphatic heterocycles. The predicted octanol–water partition coefficient (Wildman–Crippen LogP) is 1.00. The van der Waals surface area contributed by atoms with Crippen LogP contribution in [0, 0.1) is 0 Å². The number of hydrogen-bond donors (Lipinski definition) is 2. The number of benzene rings is 1. The third-order valence-electron chi connectivity index (χ3n) is 4.51. The van der Waals surface area contributed by atoms with E-state index in [2.05, 4.69) is 34.9 Å². The Hall–Kier alpha value is -1.88. The lowest BCUT2D eigenvalue weighted by Crippen LogP contribution is -2.51. The Labute approximate surface area is 124 Å². The number of likely N-dealkylation sites (N-methyl/N-ethyl adjacent to an activating group) is 1. The average molecular weight is 287 g/mol. The molecule has 5 heteroatoms. The molecule has 2 N–H and O–H groups in total. The minimum atomic E-state index is -0.262. The van der Waals surface area contributed by atoms with Crippen LogP contribution in [0.5, 0.6) is 0 Å². The summed E-state index contributed by atoms with van der Waals surface area (Å²) < 4.78 is 0. The average Bonchev–Trinajstić information content (AvgIpc) is 3.01. The Morgan fingerprint density at radius 1 is 1.14 bits per heavy atom. The van der Waals surface area contributed by atoms with E-state index in [1.165, 1.54) is 12.0 Å². The maximum Gasteiger partial charge on any atom is 0.249 e. The van der Waals surface area contributed by atoms with Crippen molar-refractivity contribution in [1.82, 2.24) is 10.6 Å². The third kappa shape index (κ3) is 2.93. The van der Waals surface area contributed by atoms with Gasteiger partial charge in [-0.2, -0.15) is 0 Å². The van der Waals surface area contributed by atoms with E-state index < -0.39 is 0 Å². The van der Waals surface area contributed by atoms with Crippen LogP contribution in [0.15, 0.2) is 24.3 Å². The number of carbonyl (C=O) groups is 2. The molecule has 1 aromatic rings. The van der Waals surface area contributed by atoms with Gasteiger partial charge in [0.25, 0.3) is 0 Å². The Morgan fingerprint density at radius 3 is 2.52 bits per heavy atom. The van der Waals surface area contributed by atoms with Gasteiger partial charge in [0, 0.05) is 25.7 Å². The summed E-state index contributed by atoms with van der Waals surface area (Å²) in [5, 5.41) is 5.78. The molecule has 2 amide bonds. The Morgan fingerprint density at radius 2 is 1.90 bits per heavy atom.